The van der Waals surface area contributed by atoms with Crippen molar-refractivity contribution in [2.45, 2.75) is 0 Å². The molecule has 0 radical (unpaired) electrons. The molecule has 0 aliphatic heterocycles. The van der Waals surface area contributed by atoms with E-state index in [-0.39, 0.29) is 0 Å². The van der Waals surface area contributed by atoms with Crippen molar-refractivity contribution in [1.82, 2.24) is 0 Å². The number of anilines is 6. The van der Waals surface area contributed by atoms with Gasteiger partial charge >= 0.3 is 0 Å². The smallest absolute Gasteiger partial charge is 0.0462 e. The fraction of sp³-hybridized carbons (Fsp3) is 0. The summed E-state index contributed by atoms with van der Waals surface area (Å²) in [5, 5.41) is 5.05. The molecular weight excluding hydrogens is 1210 g/mol. The maximum atomic E-state index is 2.34. The van der Waals surface area contributed by atoms with Crippen LogP contribution in [0.1, 0.15) is 0 Å². The third-order valence-corrected chi connectivity index (χ3v) is 19.0. The molecule has 2 nitrogen and oxygen atoms in total. The Morgan fingerprint density at radius 3 is 0.550 bits per heavy atom. The highest BCUT2D eigenvalue weighted by Gasteiger charge is 2.17. The summed E-state index contributed by atoms with van der Waals surface area (Å²) in [5.41, 5.74) is 28.5. The van der Waals surface area contributed by atoms with Gasteiger partial charge in [-0.2, -0.15) is 0 Å². The van der Waals surface area contributed by atoms with E-state index in [0.29, 0.717) is 0 Å². The van der Waals surface area contributed by atoms with Crippen molar-refractivity contribution in [3.63, 3.8) is 0 Å². The fourth-order valence-electron chi connectivity index (χ4n) is 13.6. The van der Waals surface area contributed by atoms with Gasteiger partial charge in [0.1, 0.15) is 0 Å². The van der Waals surface area contributed by atoms with E-state index in [4.69, 9.17) is 0 Å². The molecule has 0 fully saturated rings. The minimum atomic E-state index is 1.10. The van der Waals surface area contributed by atoms with E-state index in [1.54, 1.807) is 0 Å². The summed E-state index contributed by atoms with van der Waals surface area (Å²) in [7, 11) is 0. The molecule has 17 aromatic carbocycles. The molecule has 0 aliphatic carbocycles. The molecule has 2 heteroatoms. The van der Waals surface area contributed by atoms with Crippen LogP contribution in [0.15, 0.2) is 425 Å². The minimum Gasteiger partial charge on any atom is -0.311 e. The number of para-hydroxylation sites is 1. The van der Waals surface area contributed by atoms with Gasteiger partial charge in [0.05, 0.1) is 0 Å². The first-order valence-corrected chi connectivity index (χ1v) is 34.3. The average Bonchev–Trinajstić information content (AvgIpc) is 0.811. The zero-order chi connectivity index (χ0) is 66.8. The summed E-state index contributed by atoms with van der Waals surface area (Å²) < 4.78 is 0. The Labute approximate surface area is 586 Å². The largest absolute Gasteiger partial charge is 0.311 e. The predicted octanol–water partition coefficient (Wildman–Crippen LogP) is 27.6. The highest BCUT2D eigenvalue weighted by Crippen LogP contribution is 2.41. The molecular formula is C98H70N2. The summed E-state index contributed by atoms with van der Waals surface area (Å²) in [4.78, 5) is 4.66. The van der Waals surface area contributed by atoms with Gasteiger partial charge in [-0.3, -0.25) is 0 Å². The van der Waals surface area contributed by atoms with Gasteiger partial charge in [0.15, 0.2) is 0 Å². The lowest BCUT2D eigenvalue weighted by Crippen LogP contribution is -2.09. The van der Waals surface area contributed by atoms with Crippen molar-refractivity contribution in [2.75, 3.05) is 9.80 Å². The zero-order valence-corrected chi connectivity index (χ0v) is 55.3. The molecule has 0 N–H and O–H groups in total. The van der Waals surface area contributed by atoms with Crippen LogP contribution in [0.25, 0.3) is 122 Å². The summed E-state index contributed by atoms with van der Waals surface area (Å²) in [5.74, 6) is 0. The fourth-order valence-corrected chi connectivity index (χ4v) is 13.6. The lowest BCUT2D eigenvalue weighted by molar-refractivity contribution is 1.28. The molecule has 0 heterocycles. The van der Waals surface area contributed by atoms with Gasteiger partial charge in [0, 0.05) is 34.1 Å². The van der Waals surface area contributed by atoms with Crippen molar-refractivity contribution in [3.8, 4) is 100 Å². The normalized spacial score (nSPS) is 11.0. The highest BCUT2D eigenvalue weighted by molar-refractivity contribution is 5.90. The van der Waals surface area contributed by atoms with Crippen molar-refractivity contribution in [2.24, 2.45) is 0 Å². The minimum absolute atomic E-state index is 1.10. The first-order chi connectivity index (χ1) is 49.5. The molecule has 472 valence electrons. The standard InChI is InChI=1S/C52H37N.C46H33N/c1-3-10-38(11-4-1)42-24-30-50(31-25-42)53(52-34-28-45(29-35-52)48-17-9-16-47(36-48)39-12-5-2-6-13-39)51-32-26-43(27-33-51)41-18-20-44(21-19-41)49-23-22-40-14-7-8-15-46(40)37-49;1-3-10-34(11-4-1)41-14-9-15-42(32-41)39-26-30-46(31-27-39)47(44-16-5-2-6-17-44)45-28-24-37(25-29-45)36-18-20-38(21-19-36)43-23-22-35-12-7-8-13-40(35)33-43/h1-37H;1-33H. The van der Waals surface area contributed by atoms with Gasteiger partial charge in [0.25, 0.3) is 0 Å². The first kappa shape index (κ1) is 61.7. The van der Waals surface area contributed by atoms with E-state index in [9.17, 15) is 0 Å². The number of benzene rings is 17. The Morgan fingerprint density at radius 1 is 0.100 bits per heavy atom. The van der Waals surface area contributed by atoms with Crippen LogP contribution in [-0.2, 0) is 0 Å². The van der Waals surface area contributed by atoms with Gasteiger partial charge < -0.3 is 9.80 Å². The molecule has 0 spiro atoms. The second-order valence-electron chi connectivity index (χ2n) is 25.3. The van der Waals surface area contributed by atoms with E-state index >= 15 is 0 Å². The Balaban J connectivity index is 0.000000157. The molecule has 0 saturated heterocycles. The molecule has 100 heavy (non-hydrogen) atoms. The molecule has 0 saturated carbocycles. The predicted molar refractivity (Wildman–Crippen MR) is 426 cm³/mol. The Kier molecular flexibility index (Phi) is 17.7. The van der Waals surface area contributed by atoms with Gasteiger partial charge in [-0.1, -0.05) is 328 Å². The Hall–Kier alpha value is -13.1. The van der Waals surface area contributed by atoms with Gasteiger partial charge in [-0.25, -0.2) is 0 Å². The quantitative estimate of drug-likeness (QED) is 0.101. The Morgan fingerprint density at radius 2 is 0.270 bits per heavy atom. The molecule has 0 aliphatic rings. The summed E-state index contributed by atoms with van der Waals surface area (Å²) in [6.07, 6.45) is 0. The number of hydrogen-bond donors (Lipinski definition) is 0. The van der Waals surface area contributed by atoms with Crippen LogP contribution >= 0.6 is 0 Å². The van der Waals surface area contributed by atoms with Crippen molar-refractivity contribution >= 4 is 55.7 Å². The van der Waals surface area contributed by atoms with Crippen LogP contribution in [0.4, 0.5) is 34.1 Å². The monoisotopic (exact) mass is 1270 g/mol. The molecule has 0 unspecified atom stereocenters. The molecule has 17 rings (SSSR count). The summed E-state index contributed by atoms with van der Waals surface area (Å²) in [6.45, 7) is 0. The van der Waals surface area contributed by atoms with Crippen LogP contribution in [-0.4, -0.2) is 0 Å². The van der Waals surface area contributed by atoms with E-state index in [2.05, 4.69) is 434 Å². The molecule has 17 aromatic rings. The first-order valence-electron chi connectivity index (χ1n) is 34.3. The van der Waals surface area contributed by atoms with Crippen LogP contribution in [0.3, 0.4) is 0 Å². The van der Waals surface area contributed by atoms with Crippen molar-refractivity contribution in [1.29, 1.82) is 0 Å². The van der Waals surface area contributed by atoms with Crippen LogP contribution in [0, 0.1) is 0 Å². The summed E-state index contributed by atoms with van der Waals surface area (Å²) in [6, 6.07) is 152. The maximum Gasteiger partial charge on any atom is 0.0462 e. The van der Waals surface area contributed by atoms with Gasteiger partial charge in [-0.05, 0) is 219 Å². The number of rotatable bonds is 15. The topological polar surface area (TPSA) is 6.48 Å². The number of fused-ring (bicyclic) bond motifs is 2. The van der Waals surface area contributed by atoms with Gasteiger partial charge in [-0.15, -0.1) is 0 Å². The lowest BCUT2D eigenvalue weighted by Gasteiger charge is -2.26. The maximum absolute atomic E-state index is 2.34. The van der Waals surface area contributed by atoms with E-state index in [1.165, 1.54) is 122 Å². The molecule has 0 amide bonds. The summed E-state index contributed by atoms with van der Waals surface area (Å²) >= 11 is 0. The van der Waals surface area contributed by atoms with Crippen molar-refractivity contribution < 1.29 is 0 Å². The van der Waals surface area contributed by atoms with Crippen LogP contribution < -0.4 is 9.80 Å². The third-order valence-electron chi connectivity index (χ3n) is 19.0. The van der Waals surface area contributed by atoms with E-state index in [1.807, 2.05) is 0 Å². The second kappa shape index (κ2) is 28.7. The molecule has 0 bridgehead atoms. The van der Waals surface area contributed by atoms with Crippen LogP contribution in [0.5, 0.6) is 0 Å². The lowest BCUT2D eigenvalue weighted by atomic mass is 9.98. The molecule has 0 atom stereocenters. The Bertz CT molecular complexity index is 5560. The SMILES string of the molecule is c1ccc(-c2ccc(N(c3ccc(-c4ccc(-c5ccc6ccccc6c5)cc4)cc3)c3ccc(-c4cccc(-c5ccccc5)c4)cc3)cc2)cc1.c1ccc(-c2cccc(-c3ccc(N(c4ccccc4)c4ccc(-c5ccc(-c6ccc7ccccc7c6)cc5)cc4)cc3)c2)cc1. The van der Waals surface area contributed by atoms with Crippen LogP contribution in [0.2, 0.25) is 0 Å². The average molecular weight is 1280 g/mol. The van der Waals surface area contributed by atoms with Gasteiger partial charge in [0.2, 0.25) is 0 Å². The number of nitrogens with zero attached hydrogens (tertiary/aromatic N) is 2. The van der Waals surface area contributed by atoms with E-state index in [0.717, 1.165) is 34.1 Å². The number of hydrogen-bond acceptors (Lipinski definition) is 2. The molecule has 0 aromatic heterocycles. The highest BCUT2D eigenvalue weighted by atomic mass is 15.1. The van der Waals surface area contributed by atoms with E-state index < -0.39 is 0 Å². The second-order valence-corrected chi connectivity index (χ2v) is 25.3. The van der Waals surface area contributed by atoms with Crippen molar-refractivity contribution in [3.05, 3.63) is 425 Å². The zero-order valence-electron chi connectivity index (χ0n) is 55.3. The third kappa shape index (κ3) is 13.7.